The number of rotatable bonds is 7. The third-order valence-electron chi connectivity index (χ3n) is 4.91. The van der Waals surface area contributed by atoms with Crippen LogP contribution in [0.4, 0.5) is 5.69 Å². The molecule has 6 nitrogen and oxygen atoms in total. The molecule has 0 saturated carbocycles. The molecule has 0 unspecified atom stereocenters. The van der Waals surface area contributed by atoms with E-state index in [-0.39, 0.29) is 5.91 Å². The van der Waals surface area contributed by atoms with Crippen molar-refractivity contribution in [1.29, 1.82) is 0 Å². The predicted octanol–water partition coefficient (Wildman–Crippen LogP) is 4.32. The Labute approximate surface area is 174 Å². The Kier molecular flexibility index (Phi) is 5.85. The van der Waals surface area contributed by atoms with E-state index in [1.165, 1.54) is 17.3 Å². The molecule has 2 atom stereocenters. The third kappa shape index (κ3) is 4.45. The van der Waals surface area contributed by atoms with Gasteiger partial charge in [0.15, 0.2) is 6.10 Å². The van der Waals surface area contributed by atoms with Crippen LogP contribution in [0.2, 0.25) is 0 Å². The van der Waals surface area contributed by atoms with E-state index in [4.69, 9.17) is 9.15 Å². The summed E-state index contributed by atoms with van der Waals surface area (Å²) in [7, 11) is 0. The van der Waals surface area contributed by atoms with Crippen molar-refractivity contribution in [2.24, 2.45) is 0 Å². The van der Waals surface area contributed by atoms with E-state index in [1.807, 2.05) is 42.5 Å². The third-order valence-corrected chi connectivity index (χ3v) is 5.71. The number of thioether (sulfide) groups is 1. The molecule has 29 heavy (non-hydrogen) atoms. The molecule has 0 saturated heterocycles. The largest absolute Gasteiger partial charge is 0.479 e. The molecule has 1 amide bonds. The number of benzene rings is 2. The predicted molar refractivity (Wildman–Crippen MR) is 112 cm³/mol. The number of hydrogen-bond acceptors (Lipinski definition) is 6. The number of carbonyl (C=O) groups is 1. The molecule has 0 aliphatic carbocycles. The van der Waals surface area contributed by atoms with Gasteiger partial charge in [-0.3, -0.25) is 4.79 Å². The Bertz CT molecular complexity index is 976. The first-order chi connectivity index (χ1) is 14.1. The summed E-state index contributed by atoms with van der Waals surface area (Å²) >= 11 is 1.46. The van der Waals surface area contributed by atoms with Crippen LogP contribution >= 0.6 is 11.8 Å². The lowest BCUT2D eigenvalue weighted by molar-refractivity contribution is -0.125. The molecule has 2 aromatic carbocycles. The smallest absolute Gasteiger partial charge is 0.276 e. The average Bonchev–Trinajstić information content (AvgIpc) is 3.18. The van der Waals surface area contributed by atoms with E-state index in [2.05, 4.69) is 29.3 Å². The van der Waals surface area contributed by atoms with Crippen LogP contribution in [0, 0.1) is 0 Å². The van der Waals surface area contributed by atoms with Crippen molar-refractivity contribution in [3.05, 3.63) is 66.1 Å². The first-order valence-corrected chi connectivity index (χ1v) is 10.7. The summed E-state index contributed by atoms with van der Waals surface area (Å²) in [5.74, 6) is 2.29. The van der Waals surface area contributed by atoms with Gasteiger partial charge in [0, 0.05) is 18.7 Å². The summed E-state index contributed by atoms with van der Waals surface area (Å²) in [6.07, 6.45) is 0.217. The topological polar surface area (TPSA) is 68.5 Å². The number of fused-ring (bicyclic) bond motifs is 1. The van der Waals surface area contributed by atoms with Gasteiger partial charge in [-0.2, -0.15) is 0 Å². The Morgan fingerprint density at radius 2 is 1.86 bits per heavy atom. The number of aromatic nitrogens is 2. The fraction of sp³-hybridized carbons (Fsp3) is 0.318. The lowest BCUT2D eigenvalue weighted by Gasteiger charge is -2.32. The Morgan fingerprint density at radius 1 is 1.10 bits per heavy atom. The molecule has 4 rings (SSSR count). The minimum absolute atomic E-state index is 0.0350. The number of hydrogen-bond donors (Lipinski definition) is 0. The first-order valence-electron chi connectivity index (χ1n) is 9.69. The van der Waals surface area contributed by atoms with Gasteiger partial charge >= 0.3 is 0 Å². The van der Waals surface area contributed by atoms with Gasteiger partial charge in [-0.1, -0.05) is 61.2 Å². The summed E-state index contributed by atoms with van der Waals surface area (Å²) in [5.41, 5.74) is 2.05. The highest BCUT2D eigenvalue weighted by molar-refractivity contribution is 7.99. The van der Waals surface area contributed by atoms with E-state index in [1.54, 1.807) is 11.8 Å². The van der Waals surface area contributed by atoms with Crippen LogP contribution in [0.3, 0.4) is 0 Å². The average molecular weight is 410 g/mol. The molecule has 0 bridgehead atoms. The van der Waals surface area contributed by atoms with E-state index in [0.29, 0.717) is 35.7 Å². The Morgan fingerprint density at radius 3 is 2.69 bits per heavy atom. The summed E-state index contributed by atoms with van der Waals surface area (Å²) in [6.45, 7) is 4.47. The molecule has 1 aromatic heterocycles. The van der Waals surface area contributed by atoms with Gasteiger partial charge in [-0.25, -0.2) is 0 Å². The zero-order chi connectivity index (χ0) is 20.2. The molecule has 0 radical (unpaired) electrons. The second kappa shape index (κ2) is 8.69. The standard InChI is InChI=1S/C22H23N3O3S/c1-15(17-8-4-3-5-9-17)14-20-23-24-22(28-20)29-13-12-25-18-10-6-7-11-19(18)27-16(2)21(25)26/h3-11,15-16H,12-14H2,1-2H3/t15-,16-/m1/s1. The molecule has 2 heterocycles. The highest BCUT2D eigenvalue weighted by Gasteiger charge is 2.30. The summed E-state index contributed by atoms with van der Waals surface area (Å²) in [4.78, 5) is 14.3. The molecule has 1 aliphatic rings. The molecule has 1 aliphatic heterocycles. The van der Waals surface area contributed by atoms with Crippen molar-refractivity contribution in [2.45, 2.75) is 37.5 Å². The molecule has 150 valence electrons. The zero-order valence-corrected chi connectivity index (χ0v) is 17.3. The lowest BCUT2D eigenvalue weighted by Crippen LogP contribution is -2.45. The van der Waals surface area contributed by atoms with Gasteiger partial charge in [0.2, 0.25) is 5.89 Å². The van der Waals surface area contributed by atoms with Crippen molar-refractivity contribution < 1.29 is 13.9 Å². The number of para-hydroxylation sites is 2. The second-order valence-corrected chi connectivity index (χ2v) is 8.09. The zero-order valence-electron chi connectivity index (χ0n) is 16.4. The normalized spacial score (nSPS) is 17.0. The van der Waals surface area contributed by atoms with Crippen LogP contribution in [0.15, 0.2) is 64.2 Å². The van der Waals surface area contributed by atoms with Crippen molar-refractivity contribution in [3.63, 3.8) is 0 Å². The lowest BCUT2D eigenvalue weighted by atomic mass is 9.98. The molecular formula is C22H23N3O3S. The molecule has 0 N–H and O–H groups in total. The van der Waals surface area contributed by atoms with E-state index in [0.717, 1.165) is 11.4 Å². The SMILES string of the molecule is C[C@H](Cc1nnc(SCCN2C(=O)[C@@H](C)Oc3ccccc32)o1)c1ccccc1. The van der Waals surface area contributed by atoms with Crippen molar-refractivity contribution in [1.82, 2.24) is 10.2 Å². The van der Waals surface area contributed by atoms with E-state index >= 15 is 0 Å². The number of amides is 1. The Balaban J connectivity index is 1.34. The van der Waals surface area contributed by atoms with Gasteiger partial charge in [-0.05, 0) is 30.5 Å². The van der Waals surface area contributed by atoms with Crippen LogP contribution in [-0.2, 0) is 11.2 Å². The maximum absolute atomic E-state index is 12.5. The monoisotopic (exact) mass is 409 g/mol. The fourth-order valence-corrected chi connectivity index (χ4v) is 4.06. The Hall–Kier alpha value is -2.80. The van der Waals surface area contributed by atoms with Gasteiger partial charge in [0.05, 0.1) is 5.69 Å². The molecule has 0 fully saturated rings. The molecular weight excluding hydrogens is 386 g/mol. The van der Waals surface area contributed by atoms with E-state index in [9.17, 15) is 4.79 Å². The van der Waals surface area contributed by atoms with Crippen molar-refractivity contribution >= 4 is 23.4 Å². The van der Waals surface area contributed by atoms with Gasteiger partial charge in [-0.15, -0.1) is 10.2 Å². The van der Waals surface area contributed by atoms with E-state index < -0.39 is 6.10 Å². The summed E-state index contributed by atoms with van der Waals surface area (Å²) in [6, 6.07) is 17.9. The highest BCUT2D eigenvalue weighted by atomic mass is 32.2. The summed E-state index contributed by atoms with van der Waals surface area (Å²) in [5, 5.41) is 8.84. The van der Waals surface area contributed by atoms with Gasteiger partial charge in [0.25, 0.3) is 11.1 Å². The van der Waals surface area contributed by atoms with Crippen LogP contribution in [0.5, 0.6) is 5.75 Å². The van der Waals surface area contributed by atoms with Crippen LogP contribution in [0.25, 0.3) is 0 Å². The van der Waals surface area contributed by atoms with Crippen LogP contribution in [0.1, 0.15) is 31.2 Å². The maximum Gasteiger partial charge on any atom is 0.276 e. The van der Waals surface area contributed by atoms with Gasteiger partial charge in [0.1, 0.15) is 5.75 Å². The van der Waals surface area contributed by atoms with Gasteiger partial charge < -0.3 is 14.1 Å². The maximum atomic E-state index is 12.5. The quantitative estimate of drug-likeness (QED) is 0.541. The molecule has 7 heteroatoms. The summed E-state index contributed by atoms with van der Waals surface area (Å²) < 4.78 is 11.5. The number of ether oxygens (including phenoxy) is 1. The van der Waals surface area contributed by atoms with Crippen LogP contribution < -0.4 is 9.64 Å². The highest BCUT2D eigenvalue weighted by Crippen LogP contribution is 2.34. The minimum atomic E-state index is -0.482. The van der Waals surface area contributed by atoms with Crippen molar-refractivity contribution in [2.75, 3.05) is 17.2 Å². The van der Waals surface area contributed by atoms with Crippen LogP contribution in [-0.4, -0.2) is 34.5 Å². The molecule has 0 spiro atoms. The van der Waals surface area contributed by atoms with Crippen molar-refractivity contribution in [3.8, 4) is 5.75 Å². The number of nitrogens with zero attached hydrogens (tertiary/aromatic N) is 3. The fourth-order valence-electron chi connectivity index (χ4n) is 3.35. The molecule has 3 aromatic rings. The minimum Gasteiger partial charge on any atom is -0.479 e. The second-order valence-electron chi connectivity index (χ2n) is 7.04. The first kappa shape index (κ1) is 19.5. The number of carbonyl (C=O) groups excluding carboxylic acids is 1. The number of anilines is 1.